The fraction of sp³-hybridized carbons (Fsp3) is 0.0526. The van der Waals surface area contributed by atoms with Gasteiger partial charge in [0.1, 0.15) is 5.82 Å². The fourth-order valence-electron chi connectivity index (χ4n) is 2.45. The Morgan fingerprint density at radius 1 is 1.04 bits per heavy atom. The summed E-state index contributed by atoms with van der Waals surface area (Å²) in [5.41, 5.74) is 0.999. The molecule has 27 heavy (non-hydrogen) atoms. The number of halogens is 1. The Labute approximate surface area is 152 Å². The third-order valence-electron chi connectivity index (χ3n) is 3.85. The van der Waals surface area contributed by atoms with Crippen LogP contribution in [0.1, 0.15) is 15.9 Å². The molecular formula is C19H14FN3O4. The first-order valence-corrected chi connectivity index (χ1v) is 7.93. The Morgan fingerprint density at radius 2 is 1.70 bits per heavy atom. The van der Waals surface area contributed by atoms with E-state index in [1.807, 2.05) is 0 Å². The molecule has 0 aliphatic rings. The van der Waals surface area contributed by atoms with E-state index in [1.54, 1.807) is 12.1 Å². The van der Waals surface area contributed by atoms with Gasteiger partial charge in [-0.3, -0.25) is 19.7 Å². The third-order valence-corrected chi connectivity index (χ3v) is 3.85. The molecule has 3 rings (SSSR count). The van der Waals surface area contributed by atoms with Gasteiger partial charge in [0.25, 0.3) is 17.2 Å². The molecule has 0 atom stereocenters. The number of rotatable bonds is 5. The number of benzene rings is 2. The minimum atomic E-state index is -0.504. The lowest BCUT2D eigenvalue weighted by Crippen LogP contribution is -2.22. The number of aromatic nitrogens is 1. The van der Waals surface area contributed by atoms with Gasteiger partial charge in [0.15, 0.2) is 0 Å². The van der Waals surface area contributed by atoms with Crippen molar-refractivity contribution >= 4 is 17.3 Å². The van der Waals surface area contributed by atoms with E-state index in [-0.39, 0.29) is 23.4 Å². The summed E-state index contributed by atoms with van der Waals surface area (Å²) in [5, 5.41) is 13.3. The molecule has 0 bridgehead atoms. The number of carbonyl (C=O) groups is 1. The van der Waals surface area contributed by atoms with E-state index in [4.69, 9.17) is 0 Å². The van der Waals surface area contributed by atoms with Crippen molar-refractivity contribution in [3.63, 3.8) is 0 Å². The molecule has 8 heteroatoms. The number of anilines is 1. The summed E-state index contributed by atoms with van der Waals surface area (Å²) in [5.74, 6) is -0.858. The van der Waals surface area contributed by atoms with Crippen LogP contribution in [0.25, 0.3) is 0 Å². The Kier molecular flexibility index (Phi) is 5.07. The van der Waals surface area contributed by atoms with Crippen LogP contribution in [0.15, 0.2) is 71.7 Å². The standard InChI is InChI=1S/C19H14FN3O4/c20-15-4-6-16(7-5-15)21-19(25)14-3-10-18(24)22(12-14)11-13-1-8-17(9-2-13)23(26)27/h1-10,12H,11H2,(H,21,25). The van der Waals surface area contributed by atoms with Crippen LogP contribution >= 0.6 is 0 Å². The number of nitrogens with zero attached hydrogens (tertiary/aromatic N) is 2. The van der Waals surface area contributed by atoms with Gasteiger partial charge < -0.3 is 9.88 Å². The molecule has 0 spiro atoms. The van der Waals surface area contributed by atoms with E-state index in [2.05, 4.69) is 5.32 Å². The summed E-state index contributed by atoms with van der Waals surface area (Å²) >= 11 is 0. The number of pyridine rings is 1. The van der Waals surface area contributed by atoms with Crippen molar-refractivity contribution < 1.29 is 14.1 Å². The lowest BCUT2D eigenvalue weighted by Gasteiger charge is -2.09. The zero-order valence-electron chi connectivity index (χ0n) is 14.0. The van der Waals surface area contributed by atoms with E-state index in [1.165, 1.54) is 59.3 Å². The number of hydrogen-bond donors (Lipinski definition) is 1. The minimum Gasteiger partial charge on any atom is -0.322 e. The Bertz CT molecular complexity index is 1040. The minimum absolute atomic E-state index is 0.0430. The first-order chi connectivity index (χ1) is 12.9. The first kappa shape index (κ1) is 18.0. The largest absolute Gasteiger partial charge is 0.322 e. The zero-order valence-corrected chi connectivity index (χ0v) is 14.0. The summed E-state index contributed by atoms with van der Waals surface area (Å²) in [6.45, 7) is 0.161. The zero-order chi connectivity index (χ0) is 19.4. The van der Waals surface area contributed by atoms with Crippen LogP contribution in [0.3, 0.4) is 0 Å². The van der Waals surface area contributed by atoms with Crippen LogP contribution in [-0.2, 0) is 6.54 Å². The normalized spacial score (nSPS) is 10.4. The predicted octanol–water partition coefficient (Wildman–Crippen LogP) is 3.20. The second-order valence-corrected chi connectivity index (χ2v) is 5.77. The molecule has 136 valence electrons. The van der Waals surface area contributed by atoms with Gasteiger partial charge in [0.2, 0.25) is 0 Å². The van der Waals surface area contributed by atoms with Crippen LogP contribution in [0.2, 0.25) is 0 Å². The molecule has 1 N–H and O–H groups in total. The molecule has 1 aromatic heterocycles. The lowest BCUT2D eigenvalue weighted by molar-refractivity contribution is -0.384. The van der Waals surface area contributed by atoms with Crippen molar-refractivity contribution in [1.29, 1.82) is 0 Å². The quantitative estimate of drug-likeness (QED) is 0.553. The molecular weight excluding hydrogens is 353 g/mol. The molecule has 0 radical (unpaired) electrons. The van der Waals surface area contributed by atoms with Gasteiger partial charge in [-0.25, -0.2) is 4.39 Å². The highest BCUT2D eigenvalue weighted by molar-refractivity contribution is 6.04. The van der Waals surface area contributed by atoms with E-state index < -0.39 is 16.6 Å². The van der Waals surface area contributed by atoms with Gasteiger partial charge in [0, 0.05) is 30.1 Å². The van der Waals surface area contributed by atoms with Crippen LogP contribution in [0, 0.1) is 15.9 Å². The van der Waals surface area contributed by atoms with Gasteiger partial charge >= 0.3 is 0 Å². The van der Waals surface area contributed by atoms with Gasteiger partial charge in [-0.2, -0.15) is 0 Å². The van der Waals surface area contributed by atoms with Crippen LogP contribution in [-0.4, -0.2) is 15.4 Å². The number of nitro groups is 1. The summed E-state index contributed by atoms with van der Waals surface area (Å²) in [7, 11) is 0. The van der Waals surface area contributed by atoms with Crippen molar-refractivity contribution in [2.75, 3.05) is 5.32 Å². The van der Waals surface area contributed by atoms with Gasteiger partial charge in [-0.15, -0.1) is 0 Å². The van der Waals surface area contributed by atoms with Crippen LogP contribution in [0.4, 0.5) is 15.8 Å². The summed E-state index contributed by atoms with van der Waals surface area (Å²) in [6, 6.07) is 13.8. The molecule has 0 aliphatic heterocycles. The molecule has 0 saturated carbocycles. The van der Waals surface area contributed by atoms with Crippen LogP contribution < -0.4 is 10.9 Å². The maximum Gasteiger partial charge on any atom is 0.269 e. The summed E-state index contributed by atoms with van der Waals surface area (Å²) in [4.78, 5) is 34.6. The summed E-state index contributed by atoms with van der Waals surface area (Å²) < 4.78 is 14.3. The molecule has 0 saturated heterocycles. The van der Waals surface area contributed by atoms with E-state index >= 15 is 0 Å². The smallest absolute Gasteiger partial charge is 0.269 e. The lowest BCUT2D eigenvalue weighted by atomic mass is 10.2. The van der Waals surface area contributed by atoms with Gasteiger partial charge in [-0.1, -0.05) is 12.1 Å². The SMILES string of the molecule is O=C(Nc1ccc(F)cc1)c1ccc(=O)n(Cc2ccc([N+](=O)[O-])cc2)c1. The number of amides is 1. The number of nitrogens with one attached hydrogen (secondary N) is 1. The first-order valence-electron chi connectivity index (χ1n) is 7.93. The maximum atomic E-state index is 12.9. The monoisotopic (exact) mass is 367 g/mol. The second kappa shape index (κ2) is 7.61. The van der Waals surface area contributed by atoms with Crippen molar-refractivity contribution in [2.45, 2.75) is 6.54 Å². The number of carbonyl (C=O) groups excluding carboxylic acids is 1. The Balaban J connectivity index is 1.79. The van der Waals surface area contributed by atoms with Crippen LogP contribution in [0.5, 0.6) is 0 Å². The van der Waals surface area contributed by atoms with E-state index in [0.717, 1.165) is 0 Å². The Hall–Kier alpha value is -3.81. The molecule has 3 aromatic rings. The highest BCUT2D eigenvalue weighted by Crippen LogP contribution is 2.13. The van der Waals surface area contributed by atoms with Gasteiger partial charge in [-0.05, 0) is 35.9 Å². The number of non-ortho nitro benzene ring substituents is 1. The summed E-state index contributed by atoms with van der Waals surface area (Å²) in [6.07, 6.45) is 1.41. The molecule has 0 fully saturated rings. The highest BCUT2D eigenvalue weighted by Gasteiger charge is 2.10. The molecule has 0 unspecified atom stereocenters. The Morgan fingerprint density at radius 3 is 2.33 bits per heavy atom. The average molecular weight is 367 g/mol. The van der Waals surface area contributed by atoms with Gasteiger partial charge in [0.05, 0.1) is 17.0 Å². The number of hydrogen-bond acceptors (Lipinski definition) is 4. The fourth-order valence-corrected chi connectivity index (χ4v) is 2.45. The highest BCUT2D eigenvalue weighted by atomic mass is 19.1. The number of nitro benzene ring substituents is 1. The van der Waals surface area contributed by atoms with Crippen molar-refractivity contribution in [2.24, 2.45) is 0 Å². The third kappa shape index (κ3) is 4.43. The molecule has 1 amide bonds. The second-order valence-electron chi connectivity index (χ2n) is 5.77. The van der Waals surface area contributed by atoms with Crippen molar-refractivity contribution in [3.05, 3.63) is 104 Å². The molecule has 7 nitrogen and oxygen atoms in total. The van der Waals surface area contributed by atoms with Crippen molar-refractivity contribution in [1.82, 2.24) is 4.57 Å². The predicted molar refractivity (Wildman–Crippen MR) is 97.3 cm³/mol. The maximum absolute atomic E-state index is 12.9. The molecule has 0 aliphatic carbocycles. The molecule has 1 heterocycles. The van der Waals surface area contributed by atoms with E-state index in [9.17, 15) is 24.1 Å². The topological polar surface area (TPSA) is 94.2 Å². The van der Waals surface area contributed by atoms with E-state index in [0.29, 0.717) is 11.3 Å². The molecule has 2 aromatic carbocycles. The van der Waals surface area contributed by atoms with Crippen molar-refractivity contribution in [3.8, 4) is 0 Å². The average Bonchev–Trinajstić information content (AvgIpc) is 2.65.